The summed E-state index contributed by atoms with van der Waals surface area (Å²) in [6.45, 7) is 0. The lowest BCUT2D eigenvalue weighted by atomic mass is 10.1. The van der Waals surface area contributed by atoms with Gasteiger partial charge in [0.15, 0.2) is 0 Å². The second kappa shape index (κ2) is 6.23. The summed E-state index contributed by atoms with van der Waals surface area (Å²) < 4.78 is 3.43. The molecule has 0 radical (unpaired) electrons. The van der Waals surface area contributed by atoms with Gasteiger partial charge in [-0.1, -0.05) is 54.2 Å². The lowest BCUT2D eigenvalue weighted by molar-refractivity contribution is 1.45. The van der Waals surface area contributed by atoms with Gasteiger partial charge in [-0.25, -0.2) is 0 Å². The van der Waals surface area contributed by atoms with E-state index in [4.69, 9.17) is 5.73 Å². The SMILES string of the molecule is C=S(=C)(Nc1ccc(N)cc1)c1ccc(-c2ccccc2)cc1. The molecular weight excluding hydrogens is 300 g/mol. The molecule has 0 saturated heterocycles. The zero-order chi connectivity index (χ0) is 16.3. The number of rotatable bonds is 4. The van der Waals surface area contributed by atoms with E-state index in [1.54, 1.807) is 0 Å². The molecule has 0 aliphatic rings. The second-order valence-corrected chi connectivity index (χ2v) is 7.94. The molecule has 3 aromatic carbocycles. The van der Waals surface area contributed by atoms with E-state index in [-0.39, 0.29) is 0 Å². The van der Waals surface area contributed by atoms with E-state index >= 15 is 0 Å². The number of nitrogen functional groups attached to an aromatic ring is 1. The van der Waals surface area contributed by atoms with Gasteiger partial charge in [-0.3, -0.25) is 0 Å². The molecule has 0 fully saturated rings. The molecule has 0 atom stereocenters. The Morgan fingerprint density at radius 3 is 1.87 bits per heavy atom. The van der Waals surface area contributed by atoms with Crippen LogP contribution in [0.25, 0.3) is 11.1 Å². The molecule has 0 aromatic heterocycles. The summed E-state index contributed by atoms with van der Waals surface area (Å²) >= 11 is 0. The van der Waals surface area contributed by atoms with Crippen LogP contribution < -0.4 is 10.5 Å². The highest BCUT2D eigenvalue weighted by Gasteiger charge is 2.03. The predicted octanol–water partition coefficient (Wildman–Crippen LogP) is 4.99. The van der Waals surface area contributed by atoms with Gasteiger partial charge in [0.05, 0.1) is 0 Å². The monoisotopic (exact) mass is 320 g/mol. The average Bonchev–Trinajstić information content (AvgIpc) is 2.58. The average molecular weight is 320 g/mol. The van der Waals surface area contributed by atoms with E-state index in [0.717, 1.165) is 16.3 Å². The van der Waals surface area contributed by atoms with Crippen LogP contribution in [-0.4, -0.2) is 11.7 Å². The third kappa shape index (κ3) is 3.58. The number of nitrogens with two attached hydrogens (primary N) is 1. The molecule has 0 saturated carbocycles. The normalized spacial score (nSPS) is 11.1. The highest BCUT2D eigenvalue weighted by atomic mass is 32.2. The molecular formula is C20H20N2S. The molecule has 2 nitrogen and oxygen atoms in total. The zero-order valence-electron chi connectivity index (χ0n) is 12.9. The fourth-order valence-electron chi connectivity index (χ4n) is 2.37. The Kier molecular flexibility index (Phi) is 4.13. The van der Waals surface area contributed by atoms with Gasteiger partial charge >= 0.3 is 0 Å². The first-order valence-electron chi connectivity index (χ1n) is 7.33. The predicted molar refractivity (Wildman–Crippen MR) is 106 cm³/mol. The first-order chi connectivity index (χ1) is 11.0. The minimum absolute atomic E-state index is 0.747. The molecule has 0 aliphatic carbocycles. The fraction of sp³-hybridized carbons (Fsp3) is 0. The van der Waals surface area contributed by atoms with Gasteiger partial charge in [-0.2, -0.15) is 0 Å². The minimum Gasteiger partial charge on any atom is -0.399 e. The van der Waals surface area contributed by atoms with Crippen LogP contribution in [0.15, 0.2) is 83.8 Å². The number of nitrogens with one attached hydrogen (secondary N) is 1. The van der Waals surface area contributed by atoms with E-state index in [1.807, 2.05) is 42.5 Å². The van der Waals surface area contributed by atoms with Crippen molar-refractivity contribution in [3.05, 3.63) is 78.9 Å². The highest BCUT2D eigenvalue weighted by Crippen LogP contribution is 2.34. The molecule has 0 amide bonds. The molecule has 3 heteroatoms. The Labute approximate surface area is 138 Å². The van der Waals surface area contributed by atoms with E-state index in [2.05, 4.69) is 52.9 Å². The number of hydrogen-bond donors (Lipinski definition) is 2. The van der Waals surface area contributed by atoms with Gasteiger partial charge in [0, 0.05) is 16.3 Å². The largest absolute Gasteiger partial charge is 0.399 e. The van der Waals surface area contributed by atoms with Crippen LogP contribution in [0, 0.1) is 0 Å². The fourth-order valence-corrected chi connectivity index (χ4v) is 3.74. The maximum atomic E-state index is 5.72. The Morgan fingerprint density at radius 2 is 1.26 bits per heavy atom. The Bertz CT molecular complexity index is 879. The summed E-state index contributed by atoms with van der Waals surface area (Å²) in [6.07, 6.45) is 0. The summed E-state index contributed by atoms with van der Waals surface area (Å²) in [5.74, 6) is 8.58. The summed E-state index contributed by atoms with van der Waals surface area (Å²) in [7, 11) is -1.62. The van der Waals surface area contributed by atoms with E-state index in [9.17, 15) is 0 Å². The first-order valence-corrected chi connectivity index (χ1v) is 9.30. The number of benzene rings is 3. The van der Waals surface area contributed by atoms with Crippen LogP contribution in [0.1, 0.15) is 0 Å². The van der Waals surface area contributed by atoms with Crippen LogP contribution in [0.3, 0.4) is 0 Å². The molecule has 23 heavy (non-hydrogen) atoms. The lowest BCUT2D eigenvalue weighted by Crippen LogP contribution is -1.96. The van der Waals surface area contributed by atoms with Gasteiger partial charge in [0.1, 0.15) is 0 Å². The maximum Gasteiger partial charge on any atom is 0.0435 e. The van der Waals surface area contributed by atoms with Crippen LogP contribution in [-0.2, 0) is 0 Å². The quantitative estimate of drug-likeness (QED) is 0.525. The summed E-state index contributed by atoms with van der Waals surface area (Å²) in [5.41, 5.74) is 9.85. The van der Waals surface area contributed by atoms with Gasteiger partial charge in [0.2, 0.25) is 0 Å². The molecule has 3 aromatic rings. The minimum atomic E-state index is -1.62. The van der Waals surface area contributed by atoms with Crippen molar-refractivity contribution in [3.63, 3.8) is 0 Å². The Balaban J connectivity index is 1.84. The Hall–Kier alpha value is -2.65. The van der Waals surface area contributed by atoms with Crippen LogP contribution in [0.4, 0.5) is 11.4 Å². The standard InChI is InChI=1S/C20H20N2S/c1-23(2,22-19-12-10-18(21)11-13-19)20-14-8-17(9-15-20)16-6-4-3-5-7-16/h3-15,22H,1-2,21H2. The number of hydrogen-bond acceptors (Lipinski definition) is 2. The molecule has 3 rings (SSSR count). The van der Waals surface area contributed by atoms with Crippen molar-refractivity contribution >= 4 is 32.5 Å². The summed E-state index contributed by atoms with van der Waals surface area (Å²) in [5, 5.41) is 0. The molecule has 0 spiro atoms. The summed E-state index contributed by atoms with van der Waals surface area (Å²) in [6, 6.07) is 26.4. The zero-order valence-corrected chi connectivity index (χ0v) is 13.7. The molecule has 116 valence electrons. The van der Waals surface area contributed by atoms with Crippen molar-refractivity contribution in [1.82, 2.24) is 0 Å². The van der Waals surface area contributed by atoms with Crippen LogP contribution in [0.5, 0.6) is 0 Å². The lowest BCUT2D eigenvalue weighted by Gasteiger charge is -2.19. The van der Waals surface area contributed by atoms with Crippen molar-refractivity contribution in [2.45, 2.75) is 4.90 Å². The topological polar surface area (TPSA) is 38.0 Å². The third-order valence-electron chi connectivity index (χ3n) is 3.64. The molecule has 0 bridgehead atoms. The Morgan fingerprint density at radius 1 is 0.696 bits per heavy atom. The molecule has 3 N–H and O–H groups in total. The maximum absolute atomic E-state index is 5.72. The summed E-state index contributed by atoms with van der Waals surface area (Å²) in [4.78, 5) is 1.11. The van der Waals surface area contributed by atoms with Gasteiger partial charge < -0.3 is 10.5 Å². The van der Waals surface area contributed by atoms with Gasteiger partial charge in [-0.05, 0) is 47.5 Å². The first kappa shape index (κ1) is 15.3. The van der Waals surface area contributed by atoms with E-state index in [1.165, 1.54) is 11.1 Å². The van der Waals surface area contributed by atoms with Crippen LogP contribution in [0.2, 0.25) is 0 Å². The molecule has 0 aliphatic heterocycles. The van der Waals surface area contributed by atoms with Crippen LogP contribution >= 0.6 is 9.39 Å². The number of anilines is 2. The smallest absolute Gasteiger partial charge is 0.0435 e. The van der Waals surface area contributed by atoms with Crippen molar-refractivity contribution in [2.24, 2.45) is 0 Å². The van der Waals surface area contributed by atoms with Crippen molar-refractivity contribution in [2.75, 3.05) is 10.5 Å². The van der Waals surface area contributed by atoms with Gasteiger partial charge in [0.25, 0.3) is 0 Å². The van der Waals surface area contributed by atoms with Gasteiger partial charge in [-0.15, -0.1) is 9.39 Å². The van der Waals surface area contributed by atoms with Crippen molar-refractivity contribution in [1.29, 1.82) is 0 Å². The van der Waals surface area contributed by atoms with Crippen molar-refractivity contribution in [3.8, 4) is 11.1 Å². The van der Waals surface area contributed by atoms with E-state index in [0.29, 0.717) is 0 Å². The molecule has 0 unspecified atom stereocenters. The highest BCUT2D eigenvalue weighted by molar-refractivity contribution is 8.28. The third-order valence-corrected chi connectivity index (χ3v) is 5.44. The molecule has 0 heterocycles. The van der Waals surface area contributed by atoms with Crippen molar-refractivity contribution < 1.29 is 0 Å². The van der Waals surface area contributed by atoms with E-state index < -0.39 is 9.39 Å². The second-order valence-electron chi connectivity index (χ2n) is 5.50.